The monoisotopic (exact) mass is 381 g/mol. The molecule has 3 rings (SSSR count). The molecule has 1 fully saturated rings. The van der Waals surface area contributed by atoms with Crippen molar-refractivity contribution < 1.29 is 14.6 Å². The highest BCUT2D eigenvalue weighted by molar-refractivity contribution is 5.79. The fourth-order valence-electron chi connectivity index (χ4n) is 4.37. The fourth-order valence-corrected chi connectivity index (χ4v) is 4.37. The molecule has 2 aromatic carbocycles. The molecule has 0 unspecified atom stereocenters. The average Bonchev–Trinajstić information content (AvgIpc) is 2.80. The summed E-state index contributed by atoms with van der Waals surface area (Å²) in [4.78, 5) is 15.3. The number of rotatable bonds is 5. The lowest BCUT2D eigenvalue weighted by molar-refractivity contribution is -0.154. The van der Waals surface area contributed by atoms with E-state index in [0.717, 1.165) is 11.1 Å². The second-order valence-corrected chi connectivity index (χ2v) is 8.94. The molecule has 28 heavy (non-hydrogen) atoms. The van der Waals surface area contributed by atoms with Gasteiger partial charge >= 0.3 is 0 Å². The van der Waals surface area contributed by atoms with Gasteiger partial charge in [-0.3, -0.25) is 4.79 Å². The third-order valence-corrected chi connectivity index (χ3v) is 5.64. The van der Waals surface area contributed by atoms with Gasteiger partial charge in [0.15, 0.2) is 0 Å². The van der Waals surface area contributed by atoms with E-state index in [-0.39, 0.29) is 18.4 Å². The zero-order valence-corrected chi connectivity index (χ0v) is 17.5. The Labute approximate surface area is 168 Å². The van der Waals surface area contributed by atoms with Gasteiger partial charge in [0.2, 0.25) is 5.91 Å². The maximum absolute atomic E-state index is 13.4. The predicted molar refractivity (Wildman–Crippen MR) is 111 cm³/mol. The van der Waals surface area contributed by atoms with Crippen molar-refractivity contribution in [3.63, 3.8) is 0 Å². The SMILES string of the molecule is CC1(C)OC(C)(C)N(C(=O)C[C@](C)(O)c2ccccc2)[C@H]1Cc1ccccc1. The second-order valence-electron chi connectivity index (χ2n) is 8.94. The molecule has 4 nitrogen and oxygen atoms in total. The van der Waals surface area contributed by atoms with Crippen molar-refractivity contribution in [1.82, 2.24) is 4.90 Å². The summed E-state index contributed by atoms with van der Waals surface area (Å²) in [6.45, 7) is 9.61. The van der Waals surface area contributed by atoms with Crippen LogP contribution in [0.4, 0.5) is 0 Å². The first kappa shape index (κ1) is 20.6. The van der Waals surface area contributed by atoms with Gasteiger partial charge in [-0.15, -0.1) is 0 Å². The summed E-state index contributed by atoms with van der Waals surface area (Å²) in [6, 6.07) is 19.4. The van der Waals surface area contributed by atoms with Crippen molar-refractivity contribution in [3.05, 3.63) is 71.8 Å². The Morgan fingerprint density at radius 3 is 2.14 bits per heavy atom. The van der Waals surface area contributed by atoms with Gasteiger partial charge in [0.1, 0.15) is 5.72 Å². The van der Waals surface area contributed by atoms with Gasteiger partial charge in [-0.1, -0.05) is 60.7 Å². The normalized spacial score (nSPS) is 22.6. The minimum absolute atomic E-state index is 0.00513. The highest BCUT2D eigenvalue weighted by atomic mass is 16.6. The van der Waals surface area contributed by atoms with Gasteiger partial charge in [-0.2, -0.15) is 0 Å². The number of hydrogen-bond donors (Lipinski definition) is 1. The Morgan fingerprint density at radius 2 is 1.57 bits per heavy atom. The number of aliphatic hydroxyl groups is 1. The number of nitrogens with zero attached hydrogens (tertiary/aromatic N) is 1. The molecule has 0 aliphatic carbocycles. The van der Waals surface area contributed by atoms with E-state index in [1.165, 1.54) is 0 Å². The van der Waals surface area contributed by atoms with Crippen molar-refractivity contribution >= 4 is 5.91 Å². The van der Waals surface area contributed by atoms with Crippen LogP contribution in [0.5, 0.6) is 0 Å². The quantitative estimate of drug-likeness (QED) is 0.841. The Morgan fingerprint density at radius 1 is 1.04 bits per heavy atom. The summed E-state index contributed by atoms with van der Waals surface area (Å²) in [5, 5.41) is 11.0. The van der Waals surface area contributed by atoms with Crippen LogP contribution in [-0.4, -0.2) is 33.3 Å². The van der Waals surface area contributed by atoms with E-state index in [2.05, 4.69) is 12.1 Å². The first-order chi connectivity index (χ1) is 13.0. The summed E-state index contributed by atoms with van der Waals surface area (Å²) in [6.07, 6.45) is 0.710. The minimum atomic E-state index is -1.24. The van der Waals surface area contributed by atoms with Crippen LogP contribution in [0.3, 0.4) is 0 Å². The molecule has 2 atom stereocenters. The Bertz CT molecular complexity index is 812. The molecule has 1 N–H and O–H groups in total. The van der Waals surface area contributed by atoms with E-state index in [0.29, 0.717) is 6.42 Å². The third-order valence-electron chi connectivity index (χ3n) is 5.64. The number of carbonyl (C=O) groups is 1. The zero-order valence-electron chi connectivity index (χ0n) is 17.5. The molecule has 4 heteroatoms. The van der Waals surface area contributed by atoms with Gasteiger partial charge in [-0.05, 0) is 52.2 Å². The summed E-state index contributed by atoms with van der Waals surface area (Å²) < 4.78 is 6.30. The topological polar surface area (TPSA) is 49.8 Å². The molecule has 1 heterocycles. The summed E-state index contributed by atoms with van der Waals surface area (Å²) in [5.74, 6) is -0.106. The van der Waals surface area contributed by atoms with Crippen molar-refractivity contribution in [2.24, 2.45) is 0 Å². The van der Waals surface area contributed by atoms with Crippen LogP contribution in [0.1, 0.15) is 52.2 Å². The molecule has 0 radical (unpaired) electrons. The van der Waals surface area contributed by atoms with Crippen LogP contribution in [0.25, 0.3) is 0 Å². The molecule has 1 saturated heterocycles. The molecule has 1 aliphatic rings. The molecular formula is C24H31NO3. The lowest BCUT2D eigenvalue weighted by Crippen LogP contribution is -2.51. The first-order valence-corrected chi connectivity index (χ1v) is 9.87. The van der Waals surface area contributed by atoms with Gasteiger partial charge in [0.05, 0.1) is 23.7 Å². The highest BCUT2D eigenvalue weighted by Gasteiger charge is 2.54. The van der Waals surface area contributed by atoms with Crippen molar-refractivity contribution in [1.29, 1.82) is 0 Å². The van der Waals surface area contributed by atoms with Crippen LogP contribution in [0, 0.1) is 0 Å². The standard InChI is InChI=1S/C24H31NO3/c1-22(2)20(16-18-12-8-6-9-13-18)25(23(3,4)28-22)21(26)17-24(5,27)19-14-10-7-11-15-19/h6-15,20,27H,16-17H2,1-5H3/t20-,24-/m0/s1. The Balaban J connectivity index is 1.88. The van der Waals surface area contributed by atoms with E-state index in [1.807, 2.05) is 81.1 Å². The number of carbonyl (C=O) groups excluding carboxylic acids is 1. The molecule has 150 valence electrons. The van der Waals surface area contributed by atoms with Gasteiger partial charge < -0.3 is 14.7 Å². The summed E-state index contributed by atoms with van der Waals surface area (Å²) >= 11 is 0. The molecular weight excluding hydrogens is 350 g/mol. The first-order valence-electron chi connectivity index (χ1n) is 9.87. The third kappa shape index (κ3) is 4.13. The van der Waals surface area contributed by atoms with E-state index in [1.54, 1.807) is 6.92 Å². The maximum Gasteiger partial charge on any atom is 0.228 e. The molecule has 0 spiro atoms. The minimum Gasteiger partial charge on any atom is -0.385 e. The van der Waals surface area contributed by atoms with Gasteiger partial charge in [-0.25, -0.2) is 0 Å². The van der Waals surface area contributed by atoms with Crippen LogP contribution in [-0.2, 0) is 21.6 Å². The number of ether oxygens (including phenoxy) is 1. The lowest BCUT2D eigenvalue weighted by atomic mass is 9.89. The Hall–Kier alpha value is -2.17. The fraction of sp³-hybridized carbons (Fsp3) is 0.458. The highest BCUT2D eigenvalue weighted by Crippen LogP contribution is 2.42. The molecule has 0 bridgehead atoms. The van der Waals surface area contributed by atoms with Crippen molar-refractivity contribution in [2.75, 3.05) is 0 Å². The number of amides is 1. The lowest BCUT2D eigenvalue weighted by Gasteiger charge is -2.36. The van der Waals surface area contributed by atoms with E-state index < -0.39 is 16.9 Å². The van der Waals surface area contributed by atoms with Crippen molar-refractivity contribution in [3.8, 4) is 0 Å². The predicted octanol–water partition coefficient (Wildman–Crippen LogP) is 4.27. The van der Waals surface area contributed by atoms with Crippen LogP contribution in [0.2, 0.25) is 0 Å². The smallest absolute Gasteiger partial charge is 0.228 e. The van der Waals surface area contributed by atoms with Crippen molar-refractivity contribution in [2.45, 2.75) is 70.4 Å². The Kier molecular flexibility index (Phi) is 5.39. The molecule has 0 aromatic heterocycles. The molecule has 0 saturated carbocycles. The molecule has 2 aromatic rings. The van der Waals surface area contributed by atoms with E-state index >= 15 is 0 Å². The van der Waals surface area contributed by atoms with Gasteiger partial charge in [0.25, 0.3) is 0 Å². The van der Waals surface area contributed by atoms with E-state index in [4.69, 9.17) is 4.74 Å². The summed E-state index contributed by atoms with van der Waals surface area (Å²) in [7, 11) is 0. The van der Waals surface area contributed by atoms with Crippen LogP contribution < -0.4 is 0 Å². The maximum atomic E-state index is 13.4. The average molecular weight is 382 g/mol. The van der Waals surface area contributed by atoms with E-state index in [9.17, 15) is 9.90 Å². The number of hydrogen-bond acceptors (Lipinski definition) is 3. The summed E-state index contributed by atoms with van der Waals surface area (Å²) in [5.41, 5.74) is -0.576. The largest absolute Gasteiger partial charge is 0.385 e. The van der Waals surface area contributed by atoms with Gasteiger partial charge in [0, 0.05) is 0 Å². The number of benzene rings is 2. The molecule has 1 aliphatic heterocycles. The zero-order chi connectivity index (χ0) is 20.6. The molecule has 1 amide bonds. The van der Waals surface area contributed by atoms with Crippen LogP contribution in [0.15, 0.2) is 60.7 Å². The van der Waals surface area contributed by atoms with Crippen LogP contribution >= 0.6 is 0 Å². The second kappa shape index (κ2) is 7.34.